The quantitative estimate of drug-likeness (QED) is 0.661. The van der Waals surface area contributed by atoms with Gasteiger partial charge in [-0.2, -0.15) is 0 Å². The van der Waals surface area contributed by atoms with E-state index in [1.807, 2.05) is 25.1 Å². The summed E-state index contributed by atoms with van der Waals surface area (Å²) in [5, 5.41) is 0. The van der Waals surface area contributed by atoms with Gasteiger partial charge in [-0.05, 0) is 12.5 Å². The van der Waals surface area contributed by atoms with E-state index >= 15 is 0 Å². The molecule has 0 radical (unpaired) electrons. The van der Waals surface area contributed by atoms with Gasteiger partial charge in [-0.25, -0.2) is 0 Å². The Morgan fingerprint density at radius 2 is 2.12 bits per heavy atom. The molecule has 1 aliphatic rings. The molecule has 1 aliphatic heterocycles. The van der Waals surface area contributed by atoms with Gasteiger partial charge in [-0.15, -0.1) is 0 Å². The first-order chi connectivity index (χ1) is 7.84. The summed E-state index contributed by atoms with van der Waals surface area (Å²) in [6, 6.07) is 10.2. The van der Waals surface area contributed by atoms with Crippen molar-refractivity contribution in [3.05, 3.63) is 35.9 Å². The zero-order chi connectivity index (χ0) is 11.2. The summed E-state index contributed by atoms with van der Waals surface area (Å²) in [5.74, 6) is 0. The van der Waals surface area contributed by atoms with E-state index in [0.717, 1.165) is 6.61 Å². The molecule has 1 aromatic carbocycles. The molecule has 3 heteroatoms. The Balaban J connectivity index is 1.56. The van der Waals surface area contributed by atoms with Crippen LogP contribution >= 0.6 is 0 Å². The Bertz CT molecular complexity index is 295. The van der Waals surface area contributed by atoms with Gasteiger partial charge in [0.1, 0.15) is 6.10 Å². The molecular formula is C13H18O3. The Kier molecular flexibility index (Phi) is 4.34. The first-order valence-corrected chi connectivity index (χ1v) is 5.69. The van der Waals surface area contributed by atoms with Crippen molar-refractivity contribution in [2.75, 3.05) is 19.8 Å². The fourth-order valence-corrected chi connectivity index (χ4v) is 1.40. The Morgan fingerprint density at radius 3 is 2.81 bits per heavy atom. The molecule has 0 aromatic heterocycles. The summed E-state index contributed by atoms with van der Waals surface area (Å²) in [7, 11) is 0. The topological polar surface area (TPSA) is 31.0 Å². The Hall–Kier alpha value is -0.900. The van der Waals surface area contributed by atoms with Crippen LogP contribution in [0.1, 0.15) is 12.5 Å². The summed E-state index contributed by atoms with van der Waals surface area (Å²) in [4.78, 5) is 0. The third kappa shape index (κ3) is 4.31. The molecule has 1 aromatic rings. The van der Waals surface area contributed by atoms with Gasteiger partial charge in [0, 0.05) is 0 Å². The van der Waals surface area contributed by atoms with Crippen LogP contribution in [0.15, 0.2) is 30.3 Å². The SMILES string of the molecule is C[C@H](COCc1ccccc1)OC[C@H]1CO1. The smallest absolute Gasteiger partial charge is 0.104 e. The van der Waals surface area contributed by atoms with E-state index in [9.17, 15) is 0 Å². The van der Waals surface area contributed by atoms with Crippen LogP contribution in [0.5, 0.6) is 0 Å². The summed E-state index contributed by atoms with van der Waals surface area (Å²) < 4.78 is 16.2. The van der Waals surface area contributed by atoms with Crippen molar-refractivity contribution < 1.29 is 14.2 Å². The predicted molar refractivity (Wildman–Crippen MR) is 61.3 cm³/mol. The molecule has 0 N–H and O–H groups in total. The fourth-order valence-electron chi connectivity index (χ4n) is 1.40. The summed E-state index contributed by atoms with van der Waals surface area (Å²) in [5.41, 5.74) is 1.19. The average Bonchev–Trinajstić information content (AvgIpc) is 3.12. The molecule has 0 aliphatic carbocycles. The zero-order valence-corrected chi connectivity index (χ0v) is 9.59. The minimum Gasteiger partial charge on any atom is -0.374 e. The lowest BCUT2D eigenvalue weighted by Crippen LogP contribution is -2.18. The third-order valence-electron chi connectivity index (χ3n) is 2.43. The molecule has 0 saturated carbocycles. The molecule has 88 valence electrons. The van der Waals surface area contributed by atoms with Gasteiger partial charge in [0.2, 0.25) is 0 Å². The van der Waals surface area contributed by atoms with Crippen molar-refractivity contribution in [3.63, 3.8) is 0 Å². The molecular weight excluding hydrogens is 204 g/mol. The highest BCUT2D eigenvalue weighted by molar-refractivity contribution is 5.13. The molecule has 0 spiro atoms. The van der Waals surface area contributed by atoms with Gasteiger partial charge in [0.25, 0.3) is 0 Å². The van der Waals surface area contributed by atoms with Crippen LogP contribution in [-0.4, -0.2) is 32.0 Å². The number of hydrogen-bond acceptors (Lipinski definition) is 3. The summed E-state index contributed by atoms with van der Waals surface area (Å²) in [6.07, 6.45) is 0.462. The molecule has 2 rings (SSSR count). The highest BCUT2D eigenvalue weighted by Gasteiger charge is 2.23. The number of rotatable bonds is 7. The van der Waals surface area contributed by atoms with Crippen LogP contribution in [0, 0.1) is 0 Å². The molecule has 2 atom stereocenters. The molecule has 0 amide bonds. The van der Waals surface area contributed by atoms with Gasteiger partial charge in [-0.1, -0.05) is 30.3 Å². The second-order valence-electron chi connectivity index (χ2n) is 4.10. The zero-order valence-electron chi connectivity index (χ0n) is 9.59. The average molecular weight is 222 g/mol. The second kappa shape index (κ2) is 5.99. The van der Waals surface area contributed by atoms with E-state index in [4.69, 9.17) is 14.2 Å². The predicted octanol–water partition coefficient (Wildman–Crippen LogP) is 2.01. The second-order valence-corrected chi connectivity index (χ2v) is 4.10. The van der Waals surface area contributed by atoms with E-state index in [1.165, 1.54) is 5.56 Å². The molecule has 0 unspecified atom stereocenters. The van der Waals surface area contributed by atoms with Crippen LogP contribution < -0.4 is 0 Å². The van der Waals surface area contributed by atoms with E-state index in [-0.39, 0.29) is 6.10 Å². The lowest BCUT2D eigenvalue weighted by atomic mass is 10.2. The maximum absolute atomic E-state index is 5.57. The van der Waals surface area contributed by atoms with E-state index in [2.05, 4.69) is 12.1 Å². The van der Waals surface area contributed by atoms with Crippen LogP contribution in [0.25, 0.3) is 0 Å². The van der Waals surface area contributed by atoms with Gasteiger partial charge < -0.3 is 14.2 Å². The van der Waals surface area contributed by atoms with Gasteiger partial charge >= 0.3 is 0 Å². The molecule has 16 heavy (non-hydrogen) atoms. The molecule has 1 fully saturated rings. The normalized spacial score (nSPS) is 20.7. The third-order valence-corrected chi connectivity index (χ3v) is 2.43. The molecule has 1 heterocycles. The van der Waals surface area contributed by atoms with Crippen LogP contribution in [0.4, 0.5) is 0 Å². The first kappa shape index (κ1) is 11.6. The van der Waals surface area contributed by atoms with Crippen molar-refractivity contribution in [2.24, 2.45) is 0 Å². The van der Waals surface area contributed by atoms with Crippen molar-refractivity contribution in [1.29, 1.82) is 0 Å². The van der Waals surface area contributed by atoms with Crippen molar-refractivity contribution >= 4 is 0 Å². The Morgan fingerprint density at radius 1 is 1.38 bits per heavy atom. The summed E-state index contributed by atoms with van der Waals surface area (Å²) in [6.45, 7) is 4.83. The van der Waals surface area contributed by atoms with Gasteiger partial charge in [0.15, 0.2) is 0 Å². The lowest BCUT2D eigenvalue weighted by Gasteiger charge is -2.12. The maximum Gasteiger partial charge on any atom is 0.104 e. The standard InChI is InChI=1S/C13H18O3/c1-11(15-9-13-10-16-13)7-14-8-12-5-3-2-4-6-12/h2-6,11,13H,7-10H2,1H3/t11-,13+/m1/s1. The maximum atomic E-state index is 5.57. The van der Waals surface area contributed by atoms with Crippen LogP contribution in [0.2, 0.25) is 0 Å². The molecule has 3 nitrogen and oxygen atoms in total. The van der Waals surface area contributed by atoms with Crippen LogP contribution in [0.3, 0.4) is 0 Å². The van der Waals surface area contributed by atoms with E-state index in [0.29, 0.717) is 25.9 Å². The number of epoxide rings is 1. The van der Waals surface area contributed by atoms with Crippen molar-refractivity contribution in [1.82, 2.24) is 0 Å². The number of ether oxygens (including phenoxy) is 3. The van der Waals surface area contributed by atoms with Crippen LogP contribution in [-0.2, 0) is 20.8 Å². The minimum atomic E-state index is 0.132. The highest BCUT2D eigenvalue weighted by atomic mass is 16.6. The fraction of sp³-hybridized carbons (Fsp3) is 0.538. The largest absolute Gasteiger partial charge is 0.374 e. The first-order valence-electron chi connectivity index (χ1n) is 5.69. The van der Waals surface area contributed by atoms with Crippen molar-refractivity contribution in [3.8, 4) is 0 Å². The van der Waals surface area contributed by atoms with E-state index < -0.39 is 0 Å². The molecule has 1 saturated heterocycles. The highest BCUT2D eigenvalue weighted by Crippen LogP contribution is 2.10. The van der Waals surface area contributed by atoms with Gasteiger partial charge in [0.05, 0.1) is 32.5 Å². The number of hydrogen-bond donors (Lipinski definition) is 0. The van der Waals surface area contributed by atoms with E-state index in [1.54, 1.807) is 0 Å². The van der Waals surface area contributed by atoms with Gasteiger partial charge in [-0.3, -0.25) is 0 Å². The van der Waals surface area contributed by atoms with Crippen molar-refractivity contribution in [2.45, 2.75) is 25.7 Å². The monoisotopic (exact) mass is 222 g/mol. The summed E-state index contributed by atoms with van der Waals surface area (Å²) >= 11 is 0. The molecule has 0 bridgehead atoms. The lowest BCUT2D eigenvalue weighted by molar-refractivity contribution is -0.0166. The number of benzene rings is 1. The Labute approximate surface area is 96.3 Å². The minimum absolute atomic E-state index is 0.132.